The molecular weight excluding hydrogens is 452 g/mol. The maximum Gasteiger partial charge on any atom is 0.227 e. The number of fused-ring (bicyclic) bond motifs is 7. The van der Waals surface area contributed by atoms with Crippen molar-refractivity contribution in [2.45, 2.75) is 33.8 Å². The molecular formula is C29H36N4O3. The molecule has 0 fully saturated rings. The van der Waals surface area contributed by atoms with Crippen molar-refractivity contribution in [2.75, 3.05) is 44.8 Å². The first-order valence-electron chi connectivity index (χ1n) is 12.7. The zero-order valence-corrected chi connectivity index (χ0v) is 21.5. The molecule has 0 saturated carbocycles. The minimum absolute atomic E-state index is 0.446. The molecule has 1 aliphatic rings. The summed E-state index contributed by atoms with van der Waals surface area (Å²) < 4.78 is 18.1. The highest BCUT2D eigenvalue weighted by Gasteiger charge is 2.11. The first-order valence-corrected chi connectivity index (χ1v) is 12.7. The van der Waals surface area contributed by atoms with Crippen molar-refractivity contribution in [2.24, 2.45) is 0 Å². The fraction of sp³-hybridized carbons (Fsp3) is 0.379. The van der Waals surface area contributed by atoms with Crippen LogP contribution in [-0.2, 0) is 11.3 Å². The van der Waals surface area contributed by atoms with Gasteiger partial charge in [0.25, 0.3) is 0 Å². The van der Waals surface area contributed by atoms with Gasteiger partial charge >= 0.3 is 0 Å². The van der Waals surface area contributed by atoms with Crippen molar-refractivity contribution in [3.63, 3.8) is 0 Å². The summed E-state index contributed by atoms with van der Waals surface area (Å²) in [5.74, 6) is 2.20. The summed E-state index contributed by atoms with van der Waals surface area (Å²) in [6.45, 7) is 11.5. The van der Waals surface area contributed by atoms with Gasteiger partial charge in [-0.05, 0) is 62.3 Å². The van der Waals surface area contributed by atoms with Gasteiger partial charge in [0.1, 0.15) is 18.1 Å². The first kappa shape index (κ1) is 25.7. The molecule has 3 aromatic rings. The van der Waals surface area contributed by atoms with Crippen molar-refractivity contribution in [1.29, 1.82) is 0 Å². The second-order valence-electron chi connectivity index (χ2n) is 8.70. The van der Waals surface area contributed by atoms with Gasteiger partial charge in [0.2, 0.25) is 5.95 Å². The van der Waals surface area contributed by atoms with E-state index >= 15 is 0 Å². The van der Waals surface area contributed by atoms with Crippen molar-refractivity contribution in [3.05, 3.63) is 71.9 Å². The lowest BCUT2D eigenvalue weighted by Gasteiger charge is -2.19. The molecule has 2 heterocycles. The van der Waals surface area contributed by atoms with E-state index in [1.807, 2.05) is 55.6 Å². The predicted octanol–water partition coefficient (Wildman–Crippen LogP) is 5.77. The van der Waals surface area contributed by atoms with Gasteiger partial charge in [0.15, 0.2) is 0 Å². The topological polar surface area (TPSA) is 68.7 Å². The molecule has 0 amide bonds. The Labute approximate surface area is 214 Å². The zero-order chi connectivity index (χ0) is 25.2. The monoisotopic (exact) mass is 488 g/mol. The fourth-order valence-corrected chi connectivity index (χ4v) is 4.06. The maximum absolute atomic E-state index is 6.16. The highest BCUT2D eigenvalue weighted by molar-refractivity contribution is 5.67. The molecule has 7 heteroatoms. The average Bonchev–Trinajstić information content (AvgIpc) is 2.90. The summed E-state index contributed by atoms with van der Waals surface area (Å²) in [6.07, 6.45) is 6.78. The van der Waals surface area contributed by atoms with Gasteiger partial charge in [-0.25, -0.2) is 9.97 Å². The highest BCUT2D eigenvalue weighted by atomic mass is 16.5. The molecule has 0 aliphatic carbocycles. The van der Waals surface area contributed by atoms with Gasteiger partial charge in [-0.2, -0.15) is 0 Å². The number of nitrogens with zero attached hydrogens (tertiary/aromatic N) is 3. The van der Waals surface area contributed by atoms with Gasteiger partial charge in [-0.15, -0.1) is 0 Å². The first-order chi connectivity index (χ1) is 17.7. The van der Waals surface area contributed by atoms with Crippen LogP contribution in [0.5, 0.6) is 11.5 Å². The maximum atomic E-state index is 6.16. The summed E-state index contributed by atoms with van der Waals surface area (Å²) in [5.41, 5.74) is 4.74. The van der Waals surface area contributed by atoms with Crippen molar-refractivity contribution >= 4 is 11.6 Å². The Bertz CT molecular complexity index is 1160. The number of hydrogen-bond donors (Lipinski definition) is 1. The molecule has 1 N–H and O–H groups in total. The number of hydrogen-bond acceptors (Lipinski definition) is 7. The third kappa shape index (κ3) is 7.06. The van der Waals surface area contributed by atoms with E-state index in [-0.39, 0.29) is 0 Å². The van der Waals surface area contributed by atoms with Crippen LogP contribution in [0.15, 0.2) is 60.8 Å². The largest absolute Gasteiger partial charge is 0.493 e. The minimum Gasteiger partial charge on any atom is -0.493 e. The second-order valence-corrected chi connectivity index (χ2v) is 8.70. The number of likely N-dealkylation sites (N-methyl/N-ethyl adjacent to an activating group) is 1. The summed E-state index contributed by atoms with van der Waals surface area (Å²) >= 11 is 0. The number of aryl methyl sites for hydroxylation is 1. The fourth-order valence-electron chi connectivity index (χ4n) is 4.06. The number of nitrogens with one attached hydrogen (secondary N) is 1. The molecule has 0 atom stereocenters. The van der Waals surface area contributed by atoms with E-state index in [1.54, 1.807) is 0 Å². The average molecular weight is 489 g/mol. The number of rotatable bonds is 6. The molecule has 6 bridgehead atoms. The summed E-state index contributed by atoms with van der Waals surface area (Å²) in [5, 5.41) is 3.36. The quantitative estimate of drug-likeness (QED) is 0.442. The van der Waals surface area contributed by atoms with Crippen LogP contribution in [0.2, 0.25) is 0 Å². The molecule has 36 heavy (non-hydrogen) atoms. The Morgan fingerprint density at radius 3 is 2.83 bits per heavy atom. The van der Waals surface area contributed by atoms with Crippen LogP contribution in [0.25, 0.3) is 11.3 Å². The zero-order valence-electron chi connectivity index (χ0n) is 21.5. The van der Waals surface area contributed by atoms with E-state index < -0.39 is 0 Å². The molecule has 190 valence electrons. The number of ether oxygens (including phenoxy) is 3. The number of anilines is 2. The number of aromatic nitrogens is 2. The third-order valence-corrected chi connectivity index (χ3v) is 6.15. The summed E-state index contributed by atoms with van der Waals surface area (Å²) in [4.78, 5) is 11.7. The van der Waals surface area contributed by atoms with Crippen LogP contribution in [0.3, 0.4) is 0 Å². The van der Waals surface area contributed by atoms with Crippen molar-refractivity contribution < 1.29 is 14.2 Å². The SMILES string of the molecule is CCN(CC)CCOc1ccc2cc1COC/C=C/CCOc1cccc(c1)-c1nc(ncc1C)N2. The summed E-state index contributed by atoms with van der Waals surface area (Å²) in [7, 11) is 0. The van der Waals surface area contributed by atoms with Gasteiger partial charge in [0.05, 0.1) is 25.5 Å². The molecule has 0 spiro atoms. The normalized spacial score (nSPS) is 14.8. The van der Waals surface area contributed by atoms with Gasteiger partial charge in [0, 0.05) is 29.6 Å². The standard InChI is InChI=1S/C29H36N4O3/c1-4-33(5-2)14-17-36-27-13-12-25-18-24(27)21-34-15-7-6-8-16-35-26-11-9-10-23(19-26)28-22(3)20-30-29(31-25)32-28/h6-7,9-13,18-20H,4-5,8,14-17,21H2,1-3H3,(H,30,31,32)/b7-6+. The molecule has 0 saturated heterocycles. The van der Waals surface area contributed by atoms with Crippen molar-refractivity contribution in [3.8, 4) is 22.8 Å². The van der Waals surface area contributed by atoms with Gasteiger partial charge < -0.3 is 24.4 Å². The molecule has 4 rings (SSSR count). The third-order valence-electron chi connectivity index (χ3n) is 6.15. The Balaban J connectivity index is 1.60. The van der Waals surface area contributed by atoms with Crippen LogP contribution < -0.4 is 14.8 Å². The van der Waals surface area contributed by atoms with E-state index in [0.717, 1.165) is 65.6 Å². The lowest BCUT2D eigenvalue weighted by atomic mass is 10.1. The van der Waals surface area contributed by atoms with Crippen molar-refractivity contribution in [1.82, 2.24) is 14.9 Å². The Kier molecular flexibility index (Phi) is 9.30. The van der Waals surface area contributed by atoms with Crippen LogP contribution in [-0.4, -0.2) is 54.3 Å². The van der Waals surface area contributed by atoms with Crippen LogP contribution in [0.4, 0.5) is 11.6 Å². The minimum atomic E-state index is 0.446. The lowest BCUT2D eigenvalue weighted by Crippen LogP contribution is -2.28. The Morgan fingerprint density at radius 2 is 1.97 bits per heavy atom. The van der Waals surface area contributed by atoms with E-state index in [4.69, 9.17) is 19.2 Å². The molecule has 1 aliphatic heterocycles. The highest BCUT2D eigenvalue weighted by Crippen LogP contribution is 2.28. The van der Waals surface area contributed by atoms with E-state index in [1.165, 1.54) is 0 Å². The Morgan fingerprint density at radius 1 is 1.08 bits per heavy atom. The van der Waals surface area contributed by atoms with E-state index in [9.17, 15) is 0 Å². The smallest absolute Gasteiger partial charge is 0.227 e. The van der Waals surface area contributed by atoms with Gasteiger partial charge in [-0.3, -0.25) is 0 Å². The predicted molar refractivity (Wildman–Crippen MR) is 144 cm³/mol. The van der Waals surface area contributed by atoms with Gasteiger partial charge in [-0.1, -0.05) is 38.1 Å². The lowest BCUT2D eigenvalue weighted by molar-refractivity contribution is 0.143. The molecule has 7 nitrogen and oxygen atoms in total. The van der Waals surface area contributed by atoms with Crippen LogP contribution >= 0.6 is 0 Å². The number of benzene rings is 2. The molecule has 1 aromatic heterocycles. The second kappa shape index (κ2) is 13.0. The van der Waals surface area contributed by atoms with E-state index in [0.29, 0.717) is 32.4 Å². The summed E-state index contributed by atoms with van der Waals surface area (Å²) in [6, 6.07) is 14.1. The Hall–Kier alpha value is -3.42. The van der Waals surface area contributed by atoms with Crippen LogP contribution in [0.1, 0.15) is 31.4 Å². The van der Waals surface area contributed by atoms with E-state index in [2.05, 4.69) is 41.2 Å². The molecule has 0 radical (unpaired) electrons. The van der Waals surface area contributed by atoms with Crippen LogP contribution in [0, 0.1) is 6.92 Å². The molecule has 0 unspecified atom stereocenters. The molecule has 2 aromatic carbocycles.